The molecule has 31 heavy (non-hydrogen) atoms. The van der Waals surface area contributed by atoms with Crippen LogP contribution in [0.15, 0.2) is 23.6 Å². The predicted molar refractivity (Wildman–Crippen MR) is 121 cm³/mol. The largest absolute Gasteiger partial charge is 0.493 e. The number of hydrogen-bond acceptors (Lipinski definition) is 7. The number of thiazole rings is 1. The van der Waals surface area contributed by atoms with Crippen molar-refractivity contribution in [3.63, 3.8) is 0 Å². The lowest BCUT2D eigenvalue weighted by Crippen LogP contribution is -2.51. The topological polar surface area (TPSA) is 84.0 Å². The molecule has 3 rings (SSSR count). The summed E-state index contributed by atoms with van der Waals surface area (Å²) in [7, 11) is 3.20. The van der Waals surface area contributed by atoms with Crippen molar-refractivity contribution in [2.45, 2.75) is 19.8 Å². The van der Waals surface area contributed by atoms with Gasteiger partial charge in [-0.05, 0) is 24.6 Å². The summed E-state index contributed by atoms with van der Waals surface area (Å²) >= 11 is 1.51. The van der Waals surface area contributed by atoms with Gasteiger partial charge < -0.3 is 19.7 Å². The summed E-state index contributed by atoms with van der Waals surface area (Å²) in [6.45, 7) is 5.81. The first-order valence-electron chi connectivity index (χ1n) is 10.5. The minimum atomic E-state index is 0.0480. The minimum absolute atomic E-state index is 0.0480. The van der Waals surface area contributed by atoms with Crippen LogP contribution in [0.5, 0.6) is 11.5 Å². The van der Waals surface area contributed by atoms with Crippen molar-refractivity contribution in [2.24, 2.45) is 0 Å². The van der Waals surface area contributed by atoms with Crippen molar-refractivity contribution < 1.29 is 19.1 Å². The molecule has 0 saturated carbocycles. The number of hydrogen-bond donors (Lipinski definition) is 1. The van der Waals surface area contributed by atoms with Crippen LogP contribution in [0.2, 0.25) is 0 Å². The van der Waals surface area contributed by atoms with Crippen molar-refractivity contribution in [2.75, 3.05) is 53.5 Å². The lowest BCUT2D eigenvalue weighted by atomic mass is 10.2. The Morgan fingerprint density at radius 2 is 1.87 bits per heavy atom. The Bertz CT molecular complexity index is 893. The van der Waals surface area contributed by atoms with Crippen LogP contribution >= 0.6 is 11.3 Å². The Morgan fingerprint density at radius 3 is 2.55 bits per heavy atom. The molecule has 0 aliphatic carbocycles. The van der Waals surface area contributed by atoms with Crippen LogP contribution in [0.3, 0.4) is 0 Å². The highest BCUT2D eigenvalue weighted by atomic mass is 32.1. The van der Waals surface area contributed by atoms with Gasteiger partial charge >= 0.3 is 0 Å². The van der Waals surface area contributed by atoms with Gasteiger partial charge in [0.05, 0.1) is 32.9 Å². The van der Waals surface area contributed by atoms with E-state index in [0.29, 0.717) is 50.8 Å². The van der Waals surface area contributed by atoms with E-state index in [9.17, 15) is 9.59 Å². The zero-order valence-corrected chi connectivity index (χ0v) is 19.2. The molecule has 1 aromatic carbocycles. The Labute approximate surface area is 187 Å². The molecule has 9 heteroatoms. The monoisotopic (exact) mass is 446 g/mol. The number of methoxy groups -OCH3 is 2. The predicted octanol–water partition coefficient (Wildman–Crippen LogP) is 2.04. The van der Waals surface area contributed by atoms with Crippen LogP contribution in [-0.2, 0) is 16.0 Å². The van der Waals surface area contributed by atoms with E-state index < -0.39 is 0 Å². The number of carbonyl (C=O) groups is 2. The number of ether oxygens (including phenoxy) is 2. The highest BCUT2D eigenvalue weighted by Crippen LogP contribution is 2.33. The summed E-state index contributed by atoms with van der Waals surface area (Å²) in [6, 6.07) is 5.67. The normalized spacial score (nSPS) is 14.4. The maximum atomic E-state index is 12.7. The molecule has 2 heterocycles. The van der Waals surface area contributed by atoms with Crippen molar-refractivity contribution in [3.8, 4) is 22.1 Å². The lowest BCUT2D eigenvalue weighted by molar-refractivity contribution is -0.132. The Balaban J connectivity index is 1.52. The average molecular weight is 447 g/mol. The van der Waals surface area contributed by atoms with E-state index in [1.165, 1.54) is 11.3 Å². The summed E-state index contributed by atoms with van der Waals surface area (Å²) in [4.78, 5) is 33.2. The third kappa shape index (κ3) is 6.18. The maximum Gasteiger partial charge on any atom is 0.234 e. The molecule has 1 aliphatic heterocycles. The van der Waals surface area contributed by atoms with Crippen molar-refractivity contribution in [1.29, 1.82) is 0 Å². The SMILES string of the molecule is CCCNC(=O)CN1CCN(C(=O)Cc2csc(-c3ccc(OC)c(OC)c3)n2)CC1. The highest BCUT2D eigenvalue weighted by molar-refractivity contribution is 7.13. The highest BCUT2D eigenvalue weighted by Gasteiger charge is 2.23. The standard InChI is InChI=1S/C22H30N4O4S/c1-4-7-23-20(27)14-25-8-10-26(11-9-25)21(28)13-17-15-31-22(24-17)16-5-6-18(29-2)19(12-16)30-3/h5-6,12,15H,4,7-11,13-14H2,1-3H3,(H,23,27). The summed E-state index contributed by atoms with van der Waals surface area (Å²) in [5.74, 6) is 1.43. The third-order valence-electron chi connectivity index (χ3n) is 5.18. The van der Waals surface area contributed by atoms with E-state index >= 15 is 0 Å². The first-order chi connectivity index (χ1) is 15.0. The van der Waals surface area contributed by atoms with Crippen molar-refractivity contribution in [1.82, 2.24) is 20.1 Å². The second-order valence-electron chi connectivity index (χ2n) is 7.40. The first-order valence-corrected chi connectivity index (χ1v) is 11.4. The number of rotatable bonds is 9. The van der Waals surface area contributed by atoms with Crippen LogP contribution in [0, 0.1) is 0 Å². The van der Waals surface area contributed by atoms with E-state index in [2.05, 4.69) is 15.2 Å². The van der Waals surface area contributed by atoms with E-state index in [4.69, 9.17) is 9.47 Å². The van der Waals surface area contributed by atoms with Gasteiger partial charge in [0.25, 0.3) is 0 Å². The quantitative estimate of drug-likeness (QED) is 0.635. The van der Waals surface area contributed by atoms with E-state index in [0.717, 1.165) is 22.7 Å². The molecule has 2 aromatic rings. The summed E-state index contributed by atoms with van der Waals surface area (Å²) in [5.41, 5.74) is 1.69. The number of nitrogens with one attached hydrogen (secondary N) is 1. The van der Waals surface area contributed by atoms with Crippen LogP contribution in [0.4, 0.5) is 0 Å². The Hall–Kier alpha value is -2.65. The van der Waals surface area contributed by atoms with Crippen molar-refractivity contribution >= 4 is 23.2 Å². The number of carbonyl (C=O) groups excluding carboxylic acids is 2. The molecule has 2 amide bonds. The van der Waals surface area contributed by atoms with Gasteiger partial charge in [0.15, 0.2) is 11.5 Å². The molecular formula is C22H30N4O4S. The Morgan fingerprint density at radius 1 is 1.13 bits per heavy atom. The van der Waals surface area contributed by atoms with E-state index in [1.807, 2.05) is 35.4 Å². The van der Waals surface area contributed by atoms with Gasteiger partial charge in [-0.3, -0.25) is 14.5 Å². The zero-order chi connectivity index (χ0) is 22.2. The van der Waals surface area contributed by atoms with Crippen LogP contribution in [-0.4, -0.2) is 80.1 Å². The number of aromatic nitrogens is 1. The molecule has 1 aliphatic rings. The van der Waals surface area contributed by atoms with Gasteiger partial charge in [-0.15, -0.1) is 11.3 Å². The van der Waals surface area contributed by atoms with E-state index in [-0.39, 0.29) is 18.2 Å². The Kier molecular flexibility index (Phi) is 8.25. The van der Waals surface area contributed by atoms with Crippen LogP contribution in [0.25, 0.3) is 10.6 Å². The summed E-state index contributed by atoms with van der Waals surface area (Å²) in [6.07, 6.45) is 1.21. The molecule has 0 spiro atoms. The van der Waals surface area contributed by atoms with Gasteiger partial charge in [-0.1, -0.05) is 6.92 Å². The number of nitrogens with zero attached hydrogens (tertiary/aromatic N) is 3. The zero-order valence-electron chi connectivity index (χ0n) is 18.3. The molecule has 1 saturated heterocycles. The van der Waals surface area contributed by atoms with E-state index in [1.54, 1.807) is 14.2 Å². The number of piperazine rings is 1. The molecule has 1 fully saturated rings. The van der Waals surface area contributed by atoms with Crippen molar-refractivity contribution in [3.05, 3.63) is 29.3 Å². The molecule has 0 bridgehead atoms. The molecule has 1 aromatic heterocycles. The van der Waals surface area contributed by atoms with Gasteiger partial charge in [-0.25, -0.2) is 4.98 Å². The van der Waals surface area contributed by atoms with Crippen LogP contribution in [0.1, 0.15) is 19.0 Å². The van der Waals surface area contributed by atoms with Gasteiger partial charge in [0.2, 0.25) is 11.8 Å². The molecule has 8 nitrogen and oxygen atoms in total. The van der Waals surface area contributed by atoms with Gasteiger partial charge in [0.1, 0.15) is 5.01 Å². The second-order valence-corrected chi connectivity index (χ2v) is 8.26. The lowest BCUT2D eigenvalue weighted by Gasteiger charge is -2.34. The molecule has 0 unspecified atom stereocenters. The fraction of sp³-hybridized carbons (Fsp3) is 0.500. The summed E-state index contributed by atoms with van der Waals surface area (Å²) in [5, 5.41) is 5.66. The third-order valence-corrected chi connectivity index (χ3v) is 6.12. The summed E-state index contributed by atoms with van der Waals surface area (Å²) < 4.78 is 10.6. The molecule has 168 valence electrons. The molecule has 1 N–H and O–H groups in total. The number of amides is 2. The molecular weight excluding hydrogens is 416 g/mol. The van der Waals surface area contributed by atoms with Crippen LogP contribution < -0.4 is 14.8 Å². The molecule has 0 radical (unpaired) electrons. The second kappa shape index (κ2) is 11.1. The molecule has 0 atom stereocenters. The average Bonchev–Trinajstić information content (AvgIpc) is 3.26. The van der Waals surface area contributed by atoms with Gasteiger partial charge in [0, 0.05) is 43.7 Å². The number of benzene rings is 1. The fourth-order valence-corrected chi connectivity index (χ4v) is 4.25. The maximum absolute atomic E-state index is 12.7. The fourth-order valence-electron chi connectivity index (χ4n) is 3.44. The minimum Gasteiger partial charge on any atom is -0.493 e. The first kappa shape index (κ1) is 23.0. The van der Waals surface area contributed by atoms with Gasteiger partial charge in [-0.2, -0.15) is 0 Å². The smallest absolute Gasteiger partial charge is 0.234 e.